The molecule has 1 aromatic carbocycles. The zero-order valence-corrected chi connectivity index (χ0v) is 12.3. The van der Waals surface area contributed by atoms with Crippen molar-refractivity contribution < 1.29 is 4.79 Å². The summed E-state index contributed by atoms with van der Waals surface area (Å²) in [6, 6.07) is 9.32. The van der Waals surface area contributed by atoms with Crippen LogP contribution in [-0.2, 0) is 17.8 Å². The third-order valence-electron chi connectivity index (χ3n) is 4.66. The molecule has 1 aromatic rings. The van der Waals surface area contributed by atoms with Crippen molar-refractivity contribution in [3.8, 4) is 0 Å². The molecule has 0 aliphatic carbocycles. The molecule has 0 bridgehead atoms. The van der Waals surface area contributed by atoms with Gasteiger partial charge in [0.2, 0.25) is 5.91 Å². The number of hydrogen-bond donors (Lipinski definition) is 0. The molecule has 0 spiro atoms. The van der Waals surface area contributed by atoms with Gasteiger partial charge in [0, 0.05) is 38.6 Å². The highest BCUT2D eigenvalue weighted by atomic mass is 16.2. The Balaban J connectivity index is 1.61. The third-order valence-corrected chi connectivity index (χ3v) is 4.66. The topological polar surface area (TPSA) is 23.6 Å². The SMILES string of the molecule is CCCC(=O)N1CCC(N2CCc3ccccc3C2)C1. The van der Waals surface area contributed by atoms with Gasteiger partial charge in [0.05, 0.1) is 0 Å². The van der Waals surface area contributed by atoms with Crippen molar-refractivity contribution in [3.05, 3.63) is 35.4 Å². The summed E-state index contributed by atoms with van der Waals surface area (Å²) >= 11 is 0. The van der Waals surface area contributed by atoms with Crippen LogP contribution in [0.2, 0.25) is 0 Å². The summed E-state index contributed by atoms with van der Waals surface area (Å²) in [6.07, 6.45) is 3.94. The van der Waals surface area contributed by atoms with E-state index in [1.54, 1.807) is 0 Å². The van der Waals surface area contributed by atoms with E-state index >= 15 is 0 Å². The van der Waals surface area contributed by atoms with Crippen LogP contribution in [0, 0.1) is 0 Å². The second-order valence-corrected chi connectivity index (χ2v) is 6.02. The normalized spacial score (nSPS) is 22.9. The summed E-state index contributed by atoms with van der Waals surface area (Å²) < 4.78 is 0. The number of hydrogen-bond acceptors (Lipinski definition) is 2. The van der Waals surface area contributed by atoms with Gasteiger partial charge in [-0.3, -0.25) is 9.69 Å². The molecule has 0 N–H and O–H groups in total. The average Bonchev–Trinajstić information content (AvgIpc) is 2.97. The molecule has 2 heterocycles. The minimum atomic E-state index is 0.340. The maximum Gasteiger partial charge on any atom is 0.222 e. The van der Waals surface area contributed by atoms with Gasteiger partial charge in [0.1, 0.15) is 0 Å². The molecule has 108 valence electrons. The minimum Gasteiger partial charge on any atom is -0.341 e. The first kappa shape index (κ1) is 13.6. The number of carbonyl (C=O) groups excluding carboxylic acids is 1. The first-order valence-electron chi connectivity index (χ1n) is 7.86. The van der Waals surface area contributed by atoms with E-state index < -0.39 is 0 Å². The molecule has 3 nitrogen and oxygen atoms in total. The van der Waals surface area contributed by atoms with Crippen LogP contribution in [0.15, 0.2) is 24.3 Å². The van der Waals surface area contributed by atoms with E-state index in [1.165, 1.54) is 11.1 Å². The average molecular weight is 272 g/mol. The van der Waals surface area contributed by atoms with Gasteiger partial charge in [-0.2, -0.15) is 0 Å². The zero-order valence-electron chi connectivity index (χ0n) is 12.3. The second-order valence-electron chi connectivity index (χ2n) is 6.02. The number of fused-ring (bicyclic) bond motifs is 1. The molecule has 2 aliphatic heterocycles. The highest BCUT2D eigenvalue weighted by Gasteiger charge is 2.31. The molecule has 1 amide bonds. The van der Waals surface area contributed by atoms with Crippen molar-refractivity contribution in [3.63, 3.8) is 0 Å². The van der Waals surface area contributed by atoms with Gasteiger partial charge < -0.3 is 4.90 Å². The monoisotopic (exact) mass is 272 g/mol. The summed E-state index contributed by atoms with van der Waals surface area (Å²) in [5.74, 6) is 0.340. The Morgan fingerprint density at radius 1 is 1.25 bits per heavy atom. The predicted octanol–water partition coefficient (Wildman–Crippen LogP) is 2.45. The first-order chi connectivity index (χ1) is 9.78. The molecular formula is C17H24N2O. The Morgan fingerprint density at radius 3 is 2.85 bits per heavy atom. The smallest absolute Gasteiger partial charge is 0.222 e. The first-order valence-corrected chi connectivity index (χ1v) is 7.86. The van der Waals surface area contributed by atoms with Gasteiger partial charge in [0.25, 0.3) is 0 Å². The van der Waals surface area contributed by atoms with Crippen LogP contribution in [0.1, 0.15) is 37.3 Å². The summed E-state index contributed by atoms with van der Waals surface area (Å²) in [7, 11) is 0. The lowest BCUT2D eigenvalue weighted by Crippen LogP contribution is -2.41. The summed E-state index contributed by atoms with van der Waals surface area (Å²) in [5, 5.41) is 0. The maximum atomic E-state index is 12.0. The van der Waals surface area contributed by atoms with Crippen molar-refractivity contribution in [2.24, 2.45) is 0 Å². The van der Waals surface area contributed by atoms with E-state index in [0.717, 1.165) is 45.4 Å². The number of nitrogens with zero attached hydrogens (tertiary/aromatic N) is 2. The fraction of sp³-hybridized carbons (Fsp3) is 0.588. The molecule has 2 aliphatic rings. The number of likely N-dealkylation sites (tertiary alicyclic amines) is 1. The molecule has 1 fully saturated rings. The predicted molar refractivity (Wildman–Crippen MR) is 80.4 cm³/mol. The summed E-state index contributed by atoms with van der Waals surface area (Å²) in [5.41, 5.74) is 2.97. The second kappa shape index (κ2) is 5.96. The molecule has 0 radical (unpaired) electrons. The van der Waals surface area contributed by atoms with E-state index in [9.17, 15) is 4.79 Å². The lowest BCUT2D eigenvalue weighted by molar-refractivity contribution is -0.130. The van der Waals surface area contributed by atoms with Crippen molar-refractivity contribution in [1.82, 2.24) is 9.80 Å². The van der Waals surface area contributed by atoms with Gasteiger partial charge in [0.15, 0.2) is 0 Å². The largest absolute Gasteiger partial charge is 0.341 e. The molecular weight excluding hydrogens is 248 g/mol. The lowest BCUT2D eigenvalue weighted by Gasteiger charge is -2.33. The molecule has 20 heavy (non-hydrogen) atoms. The van der Waals surface area contributed by atoms with E-state index in [2.05, 4.69) is 41.0 Å². The lowest BCUT2D eigenvalue weighted by atomic mass is 9.98. The third kappa shape index (κ3) is 2.73. The van der Waals surface area contributed by atoms with Gasteiger partial charge in [-0.1, -0.05) is 31.2 Å². The van der Waals surface area contributed by atoms with Crippen LogP contribution in [0.5, 0.6) is 0 Å². The van der Waals surface area contributed by atoms with Crippen LogP contribution < -0.4 is 0 Å². The Kier molecular flexibility index (Phi) is 4.06. The van der Waals surface area contributed by atoms with E-state index in [-0.39, 0.29) is 0 Å². The Bertz CT molecular complexity index is 486. The van der Waals surface area contributed by atoms with E-state index in [0.29, 0.717) is 18.4 Å². The van der Waals surface area contributed by atoms with Crippen LogP contribution in [0.4, 0.5) is 0 Å². The molecule has 1 atom stereocenters. The van der Waals surface area contributed by atoms with Gasteiger partial charge >= 0.3 is 0 Å². The number of rotatable bonds is 3. The molecule has 1 saturated heterocycles. The number of carbonyl (C=O) groups is 1. The molecule has 1 unspecified atom stereocenters. The molecule has 3 heteroatoms. The van der Waals surface area contributed by atoms with Crippen molar-refractivity contribution in [2.45, 2.75) is 45.2 Å². The van der Waals surface area contributed by atoms with Crippen molar-refractivity contribution in [1.29, 1.82) is 0 Å². The fourth-order valence-electron chi connectivity index (χ4n) is 3.47. The van der Waals surface area contributed by atoms with E-state index in [4.69, 9.17) is 0 Å². The quantitative estimate of drug-likeness (QED) is 0.844. The number of amides is 1. The van der Waals surface area contributed by atoms with Crippen LogP contribution in [0.25, 0.3) is 0 Å². The zero-order chi connectivity index (χ0) is 13.9. The molecule has 3 rings (SSSR count). The summed E-state index contributed by atoms with van der Waals surface area (Å²) in [6.45, 7) is 6.14. The maximum absolute atomic E-state index is 12.0. The summed E-state index contributed by atoms with van der Waals surface area (Å²) in [4.78, 5) is 16.6. The molecule has 0 aromatic heterocycles. The minimum absolute atomic E-state index is 0.340. The van der Waals surface area contributed by atoms with Crippen LogP contribution >= 0.6 is 0 Å². The highest BCUT2D eigenvalue weighted by molar-refractivity contribution is 5.76. The Morgan fingerprint density at radius 2 is 2.05 bits per heavy atom. The Labute approximate surface area is 121 Å². The standard InChI is InChI=1S/C17H24N2O/c1-2-5-17(20)19-11-9-16(13-19)18-10-8-14-6-3-4-7-15(14)12-18/h3-4,6-7,16H,2,5,8-13H2,1H3. The fourth-order valence-corrected chi connectivity index (χ4v) is 3.47. The highest BCUT2D eigenvalue weighted by Crippen LogP contribution is 2.24. The van der Waals surface area contributed by atoms with E-state index in [1.807, 2.05) is 0 Å². The van der Waals surface area contributed by atoms with Crippen molar-refractivity contribution in [2.75, 3.05) is 19.6 Å². The van der Waals surface area contributed by atoms with Gasteiger partial charge in [-0.25, -0.2) is 0 Å². The Hall–Kier alpha value is -1.35. The van der Waals surface area contributed by atoms with Crippen molar-refractivity contribution >= 4 is 5.91 Å². The van der Waals surface area contributed by atoms with Gasteiger partial charge in [-0.15, -0.1) is 0 Å². The van der Waals surface area contributed by atoms with Gasteiger partial charge in [-0.05, 0) is 30.4 Å². The number of benzene rings is 1. The van der Waals surface area contributed by atoms with Crippen LogP contribution in [0.3, 0.4) is 0 Å². The van der Waals surface area contributed by atoms with Crippen LogP contribution in [-0.4, -0.2) is 41.4 Å². The molecule has 0 saturated carbocycles.